The summed E-state index contributed by atoms with van der Waals surface area (Å²) in [7, 11) is 0. The third kappa shape index (κ3) is 3.71. The number of likely N-dealkylation sites (N-methyl/N-ethyl adjacent to an activating group) is 1. The topological polar surface area (TPSA) is 15.3 Å². The highest BCUT2D eigenvalue weighted by molar-refractivity contribution is 5.41. The molecule has 0 amide bonds. The van der Waals surface area contributed by atoms with Crippen LogP contribution in [0.1, 0.15) is 33.6 Å². The molecule has 0 unspecified atom stereocenters. The Morgan fingerprint density at radius 2 is 2.10 bits per heavy atom. The highest BCUT2D eigenvalue weighted by Crippen LogP contribution is 2.23. The second-order valence-corrected chi connectivity index (χ2v) is 5.90. The predicted molar refractivity (Wildman–Crippen MR) is 87.9 cm³/mol. The molecule has 0 aromatic carbocycles. The molecule has 0 spiro atoms. The monoisotopic (exact) mass is 272 g/mol. The fourth-order valence-electron chi connectivity index (χ4n) is 2.94. The fourth-order valence-corrected chi connectivity index (χ4v) is 2.94. The Kier molecular flexibility index (Phi) is 5.38. The van der Waals surface area contributed by atoms with Crippen molar-refractivity contribution in [2.45, 2.75) is 39.7 Å². The second-order valence-electron chi connectivity index (χ2n) is 5.90. The molecule has 0 aromatic rings. The SMILES string of the molecule is C=C1CC/C=C(C)/C([C@@H]2CN(CC)CCN2)=C\C=C1C. The molecule has 0 aromatic heterocycles. The molecule has 1 heterocycles. The zero-order chi connectivity index (χ0) is 14.5. The maximum atomic E-state index is 4.18. The van der Waals surface area contributed by atoms with Gasteiger partial charge in [-0.15, -0.1) is 0 Å². The average molecular weight is 272 g/mol. The van der Waals surface area contributed by atoms with Crippen LogP contribution in [-0.2, 0) is 0 Å². The van der Waals surface area contributed by atoms with E-state index in [4.69, 9.17) is 0 Å². The van der Waals surface area contributed by atoms with Crippen LogP contribution in [0.5, 0.6) is 0 Å². The Bertz CT molecular complexity index is 454. The fraction of sp³-hybridized carbons (Fsp3) is 0.556. The first-order valence-corrected chi connectivity index (χ1v) is 7.81. The molecule has 1 aliphatic carbocycles. The quantitative estimate of drug-likeness (QED) is 0.828. The molecule has 0 bridgehead atoms. The van der Waals surface area contributed by atoms with E-state index in [2.05, 4.69) is 55.8 Å². The summed E-state index contributed by atoms with van der Waals surface area (Å²) in [5, 5.41) is 3.68. The van der Waals surface area contributed by atoms with E-state index in [1.807, 2.05) is 0 Å². The van der Waals surface area contributed by atoms with Crippen molar-refractivity contribution < 1.29 is 0 Å². The van der Waals surface area contributed by atoms with Gasteiger partial charge in [-0.05, 0) is 44.4 Å². The molecule has 1 aliphatic heterocycles. The third-order valence-corrected chi connectivity index (χ3v) is 4.50. The van der Waals surface area contributed by atoms with E-state index in [1.54, 1.807) is 0 Å². The Morgan fingerprint density at radius 1 is 1.30 bits per heavy atom. The van der Waals surface area contributed by atoms with Crippen LogP contribution >= 0.6 is 0 Å². The van der Waals surface area contributed by atoms with Crippen LogP contribution in [0.2, 0.25) is 0 Å². The van der Waals surface area contributed by atoms with E-state index in [-0.39, 0.29) is 0 Å². The molecular formula is C18H28N2. The van der Waals surface area contributed by atoms with Crippen molar-refractivity contribution in [1.29, 1.82) is 0 Å². The predicted octanol–water partition coefficient (Wildman–Crippen LogP) is 3.45. The molecule has 1 fully saturated rings. The van der Waals surface area contributed by atoms with Gasteiger partial charge >= 0.3 is 0 Å². The number of allylic oxidation sites excluding steroid dienone is 5. The normalized spacial score (nSPS) is 31.2. The van der Waals surface area contributed by atoms with Crippen molar-refractivity contribution in [2.24, 2.45) is 0 Å². The number of nitrogens with zero attached hydrogens (tertiary/aromatic N) is 1. The van der Waals surface area contributed by atoms with Gasteiger partial charge in [-0.1, -0.05) is 42.9 Å². The van der Waals surface area contributed by atoms with Gasteiger partial charge in [-0.3, -0.25) is 0 Å². The van der Waals surface area contributed by atoms with E-state index in [1.165, 1.54) is 22.3 Å². The molecule has 2 nitrogen and oxygen atoms in total. The summed E-state index contributed by atoms with van der Waals surface area (Å²) in [4.78, 5) is 2.53. The van der Waals surface area contributed by atoms with Crippen LogP contribution in [0.15, 0.2) is 47.1 Å². The summed E-state index contributed by atoms with van der Waals surface area (Å²) >= 11 is 0. The molecule has 2 heteroatoms. The number of nitrogens with one attached hydrogen (secondary N) is 1. The third-order valence-electron chi connectivity index (χ3n) is 4.50. The van der Waals surface area contributed by atoms with Gasteiger partial charge in [-0.25, -0.2) is 0 Å². The number of hydrogen-bond donors (Lipinski definition) is 1. The lowest BCUT2D eigenvalue weighted by Crippen LogP contribution is -2.51. The highest BCUT2D eigenvalue weighted by atomic mass is 15.2. The smallest absolute Gasteiger partial charge is 0.0452 e. The van der Waals surface area contributed by atoms with Crippen molar-refractivity contribution in [3.8, 4) is 0 Å². The van der Waals surface area contributed by atoms with Crippen molar-refractivity contribution in [3.63, 3.8) is 0 Å². The van der Waals surface area contributed by atoms with E-state index in [9.17, 15) is 0 Å². The minimum absolute atomic E-state index is 0.454. The van der Waals surface area contributed by atoms with Gasteiger partial charge in [0.15, 0.2) is 0 Å². The minimum Gasteiger partial charge on any atom is -0.308 e. The summed E-state index contributed by atoms with van der Waals surface area (Å²) in [6.45, 7) is 15.3. The Balaban J connectivity index is 2.25. The maximum Gasteiger partial charge on any atom is 0.0452 e. The van der Waals surface area contributed by atoms with E-state index >= 15 is 0 Å². The summed E-state index contributed by atoms with van der Waals surface area (Å²) in [6, 6.07) is 0.454. The van der Waals surface area contributed by atoms with Crippen LogP contribution < -0.4 is 5.32 Å². The van der Waals surface area contributed by atoms with Gasteiger partial charge in [0, 0.05) is 25.7 Å². The standard InChI is InChI=1S/C18H28N2/c1-5-20-12-11-19-18(13-20)17-10-9-15(3)14(2)7-6-8-16(17)4/h8-10,18-19H,2,5-7,11-13H2,1,3-4H3/b15-9?,16-8+,17-10+/t18-/m0/s1. The zero-order valence-corrected chi connectivity index (χ0v) is 13.2. The molecule has 2 aliphatic rings. The molecule has 0 saturated carbocycles. The highest BCUT2D eigenvalue weighted by Gasteiger charge is 2.22. The molecule has 2 rings (SSSR count). The average Bonchev–Trinajstić information content (AvgIpc) is 2.52. The Morgan fingerprint density at radius 3 is 2.85 bits per heavy atom. The maximum absolute atomic E-state index is 4.18. The van der Waals surface area contributed by atoms with E-state index in [0.717, 1.165) is 39.0 Å². The number of hydrogen-bond acceptors (Lipinski definition) is 2. The second kappa shape index (κ2) is 7.05. The van der Waals surface area contributed by atoms with Crippen LogP contribution in [0, 0.1) is 0 Å². The molecular weight excluding hydrogens is 244 g/mol. The van der Waals surface area contributed by atoms with Gasteiger partial charge in [0.1, 0.15) is 0 Å². The first-order chi connectivity index (χ1) is 9.61. The van der Waals surface area contributed by atoms with Crippen molar-refractivity contribution in [2.75, 3.05) is 26.2 Å². The Labute approximate surface area is 123 Å². The Hall–Kier alpha value is -1.12. The van der Waals surface area contributed by atoms with Gasteiger partial charge < -0.3 is 10.2 Å². The van der Waals surface area contributed by atoms with Crippen LogP contribution in [0.4, 0.5) is 0 Å². The molecule has 1 atom stereocenters. The minimum atomic E-state index is 0.454. The molecule has 110 valence electrons. The van der Waals surface area contributed by atoms with Gasteiger partial charge in [0.2, 0.25) is 0 Å². The summed E-state index contributed by atoms with van der Waals surface area (Å²) in [5.41, 5.74) is 5.43. The van der Waals surface area contributed by atoms with Crippen molar-refractivity contribution >= 4 is 0 Å². The number of rotatable bonds is 2. The summed E-state index contributed by atoms with van der Waals surface area (Å²) in [6.07, 6.45) is 9.08. The first kappa shape index (κ1) is 15.3. The summed E-state index contributed by atoms with van der Waals surface area (Å²) in [5.74, 6) is 0. The lowest BCUT2D eigenvalue weighted by atomic mass is 9.96. The molecule has 0 radical (unpaired) electrons. The van der Waals surface area contributed by atoms with Gasteiger partial charge in [0.05, 0.1) is 0 Å². The van der Waals surface area contributed by atoms with Crippen LogP contribution in [0.25, 0.3) is 0 Å². The first-order valence-electron chi connectivity index (χ1n) is 7.81. The van der Waals surface area contributed by atoms with E-state index in [0.29, 0.717) is 6.04 Å². The van der Waals surface area contributed by atoms with Crippen LogP contribution in [-0.4, -0.2) is 37.1 Å². The van der Waals surface area contributed by atoms with Gasteiger partial charge in [-0.2, -0.15) is 0 Å². The van der Waals surface area contributed by atoms with Crippen LogP contribution in [0.3, 0.4) is 0 Å². The zero-order valence-electron chi connectivity index (χ0n) is 13.2. The lowest BCUT2D eigenvalue weighted by molar-refractivity contribution is 0.224. The van der Waals surface area contributed by atoms with Crippen molar-refractivity contribution in [1.82, 2.24) is 10.2 Å². The summed E-state index contributed by atoms with van der Waals surface area (Å²) < 4.78 is 0. The largest absolute Gasteiger partial charge is 0.308 e. The van der Waals surface area contributed by atoms with Gasteiger partial charge in [0.25, 0.3) is 0 Å². The molecule has 1 saturated heterocycles. The molecule has 1 N–H and O–H groups in total. The number of piperazine rings is 1. The van der Waals surface area contributed by atoms with E-state index < -0.39 is 0 Å². The lowest BCUT2D eigenvalue weighted by Gasteiger charge is -2.34. The van der Waals surface area contributed by atoms with Crippen molar-refractivity contribution in [3.05, 3.63) is 47.1 Å². The molecule has 20 heavy (non-hydrogen) atoms.